The molecule has 0 fully saturated rings. The number of carbonyl (C=O) groups is 1. The van der Waals surface area contributed by atoms with Crippen molar-refractivity contribution in [1.29, 1.82) is 0 Å². The van der Waals surface area contributed by atoms with Crippen LogP contribution in [0.3, 0.4) is 0 Å². The van der Waals surface area contributed by atoms with Gasteiger partial charge in [0.25, 0.3) is 11.5 Å². The van der Waals surface area contributed by atoms with Crippen LogP contribution in [0.5, 0.6) is 0 Å². The lowest BCUT2D eigenvalue weighted by Gasteiger charge is -2.30. The topological polar surface area (TPSA) is 88.0 Å². The molecule has 1 aliphatic carbocycles. The standard InChI is InChI=1S/C18H18F3N3O2/c1-9-2-3-10-12(8-9)13(22)5-6-14(10)23-16(25)11-4-7-15(18(19,20)21)24-17(11)26/h2-4,7-8,13-14H,5-6,22H2,1H3,(H,23,25)(H,24,26)/t13-,14-/m1/s1. The zero-order chi connectivity index (χ0) is 19.1. The first kappa shape index (κ1) is 18.2. The summed E-state index contributed by atoms with van der Waals surface area (Å²) in [5.74, 6) is -0.716. The maximum absolute atomic E-state index is 12.6. The number of nitrogens with two attached hydrogens (primary N) is 1. The van der Waals surface area contributed by atoms with Crippen LogP contribution in [0.25, 0.3) is 0 Å². The van der Waals surface area contributed by atoms with E-state index in [1.807, 2.05) is 25.1 Å². The number of nitrogens with one attached hydrogen (secondary N) is 2. The Morgan fingerprint density at radius 1 is 1.19 bits per heavy atom. The van der Waals surface area contributed by atoms with Crippen molar-refractivity contribution in [2.45, 2.75) is 38.0 Å². The highest BCUT2D eigenvalue weighted by atomic mass is 19.4. The molecule has 3 rings (SSSR count). The van der Waals surface area contributed by atoms with Crippen LogP contribution < -0.4 is 16.6 Å². The number of aryl methyl sites for hydroxylation is 1. The van der Waals surface area contributed by atoms with Crippen molar-refractivity contribution in [2.24, 2.45) is 5.73 Å². The molecule has 0 aliphatic heterocycles. The van der Waals surface area contributed by atoms with Crippen LogP contribution in [-0.4, -0.2) is 10.9 Å². The number of H-pyrrole nitrogens is 1. The Kier molecular flexibility index (Phi) is 4.62. The van der Waals surface area contributed by atoms with Gasteiger partial charge in [-0.2, -0.15) is 13.2 Å². The summed E-state index contributed by atoms with van der Waals surface area (Å²) in [6, 6.07) is 6.84. The molecule has 0 saturated heterocycles. The number of aromatic nitrogens is 1. The Morgan fingerprint density at radius 2 is 1.92 bits per heavy atom. The molecule has 0 unspecified atom stereocenters. The molecule has 0 radical (unpaired) electrons. The Labute approximate surface area is 147 Å². The predicted molar refractivity (Wildman–Crippen MR) is 89.6 cm³/mol. The summed E-state index contributed by atoms with van der Waals surface area (Å²) in [6.45, 7) is 1.94. The minimum atomic E-state index is -4.68. The molecule has 1 amide bonds. The smallest absolute Gasteiger partial charge is 0.345 e. The molecule has 5 nitrogen and oxygen atoms in total. The summed E-state index contributed by atoms with van der Waals surface area (Å²) >= 11 is 0. The van der Waals surface area contributed by atoms with Gasteiger partial charge in [-0.15, -0.1) is 0 Å². The van der Waals surface area contributed by atoms with Gasteiger partial charge in [0.15, 0.2) is 0 Å². The SMILES string of the molecule is Cc1ccc2c(c1)[C@H](N)CC[C@H]2NC(=O)c1ccc(C(F)(F)F)[nH]c1=O. The fourth-order valence-corrected chi connectivity index (χ4v) is 3.19. The van der Waals surface area contributed by atoms with Gasteiger partial charge in [0.2, 0.25) is 0 Å². The third-order valence-corrected chi connectivity index (χ3v) is 4.55. The Hall–Kier alpha value is -2.61. The van der Waals surface area contributed by atoms with Crippen LogP contribution in [0.4, 0.5) is 13.2 Å². The number of hydrogen-bond acceptors (Lipinski definition) is 3. The minimum Gasteiger partial charge on any atom is -0.345 e. The number of halogens is 3. The van der Waals surface area contributed by atoms with Gasteiger partial charge in [0, 0.05) is 6.04 Å². The third kappa shape index (κ3) is 3.50. The van der Waals surface area contributed by atoms with Crippen molar-refractivity contribution in [3.05, 3.63) is 68.6 Å². The molecule has 2 aromatic rings. The average molecular weight is 365 g/mol. The Bertz CT molecular complexity index is 905. The Morgan fingerprint density at radius 3 is 2.58 bits per heavy atom. The van der Waals surface area contributed by atoms with E-state index in [-0.39, 0.29) is 17.6 Å². The number of benzene rings is 1. The highest BCUT2D eigenvalue weighted by molar-refractivity contribution is 5.94. The monoisotopic (exact) mass is 365 g/mol. The van der Waals surface area contributed by atoms with Crippen LogP contribution in [0, 0.1) is 6.92 Å². The van der Waals surface area contributed by atoms with Gasteiger partial charge >= 0.3 is 6.18 Å². The van der Waals surface area contributed by atoms with Gasteiger partial charge in [-0.05, 0) is 43.0 Å². The number of fused-ring (bicyclic) bond motifs is 1. The molecular formula is C18H18F3N3O2. The first-order valence-corrected chi connectivity index (χ1v) is 8.14. The average Bonchev–Trinajstić information content (AvgIpc) is 2.56. The lowest BCUT2D eigenvalue weighted by atomic mass is 9.83. The summed E-state index contributed by atoms with van der Waals surface area (Å²) in [7, 11) is 0. The lowest BCUT2D eigenvalue weighted by Crippen LogP contribution is -2.36. The van der Waals surface area contributed by atoms with E-state index < -0.39 is 23.3 Å². The van der Waals surface area contributed by atoms with Gasteiger partial charge in [0.1, 0.15) is 11.3 Å². The van der Waals surface area contributed by atoms with E-state index in [4.69, 9.17) is 5.73 Å². The van der Waals surface area contributed by atoms with Crippen molar-refractivity contribution in [1.82, 2.24) is 10.3 Å². The van der Waals surface area contributed by atoms with Crippen LogP contribution in [0.15, 0.2) is 35.1 Å². The molecular weight excluding hydrogens is 347 g/mol. The number of amides is 1. The number of rotatable bonds is 2. The van der Waals surface area contributed by atoms with Crippen molar-refractivity contribution in [3.63, 3.8) is 0 Å². The van der Waals surface area contributed by atoms with Gasteiger partial charge in [0.05, 0.1) is 6.04 Å². The van der Waals surface area contributed by atoms with Crippen LogP contribution in [0.2, 0.25) is 0 Å². The molecule has 0 spiro atoms. The van der Waals surface area contributed by atoms with Gasteiger partial charge < -0.3 is 16.0 Å². The fourth-order valence-electron chi connectivity index (χ4n) is 3.19. The van der Waals surface area contributed by atoms with E-state index in [0.717, 1.165) is 22.8 Å². The summed E-state index contributed by atoms with van der Waals surface area (Å²) in [5.41, 5.74) is 6.35. The largest absolute Gasteiger partial charge is 0.431 e. The van der Waals surface area contributed by atoms with E-state index in [9.17, 15) is 22.8 Å². The molecule has 8 heteroatoms. The van der Waals surface area contributed by atoms with E-state index in [2.05, 4.69) is 5.32 Å². The summed E-state index contributed by atoms with van der Waals surface area (Å²) < 4.78 is 37.9. The zero-order valence-electron chi connectivity index (χ0n) is 14.0. The molecule has 1 aliphatic rings. The summed E-state index contributed by atoms with van der Waals surface area (Å²) in [4.78, 5) is 26.0. The highest BCUT2D eigenvalue weighted by Crippen LogP contribution is 2.35. The number of hydrogen-bond donors (Lipinski definition) is 3. The molecule has 26 heavy (non-hydrogen) atoms. The second-order valence-corrected chi connectivity index (χ2v) is 6.45. The van der Waals surface area contributed by atoms with Crippen LogP contribution >= 0.6 is 0 Å². The first-order valence-electron chi connectivity index (χ1n) is 8.14. The maximum Gasteiger partial charge on any atom is 0.431 e. The van der Waals surface area contributed by atoms with Crippen LogP contribution in [0.1, 0.15) is 57.7 Å². The van der Waals surface area contributed by atoms with E-state index >= 15 is 0 Å². The normalized spacial score (nSPS) is 19.7. The molecule has 1 aromatic carbocycles. The second-order valence-electron chi connectivity index (χ2n) is 6.45. The minimum absolute atomic E-state index is 0.132. The fraction of sp³-hybridized carbons (Fsp3) is 0.333. The van der Waals surface area contributed by atoms with Crippen molar-refractivity contribution < 1.29 is 18.0 Å². The maximum atomic E-state index is 12.6. The van der Waals surface area contributed by atoms with Crippen molar-refractivity contribution in [2.75, 3.05) is 0 Å². The molecule has 0 bridgehead atoms. The summed E-state index contributed by atoms with van der Waals surface area (Å²) in [6.07, 6.45) is -3.43. The van der Waals surface area contributed by atoms with Gasteiger partial charge in [-0.1, -0.05) is 23.8 Å². The quantitative estimate of drug-likeness (QED) is 0.765. The molecule has 2 atom stereocenters. The molecule has 138 valence electrons. The zero-order valence-corrected chi connectivity index (χ0v) is 14.0. The number of pyridine rings is 1. The number of aromatic amines is 1. The third-order valence-electron chi connectivity index (χ3n) is 4.55. The molecule has 0 saturated carbocycles. The number of alkyl halides is 3. The number of carbonyl (C=O) groups excluding carboxylic acids is 1. The summed E-state index contributed by atoms with van der Waals surface area (Å²) in [5, 5.41) is 2.73. The predicted octanol–water partition coefficient (Wildman–Crippen LogP) is 2.97. The van der Waals surface area contributed by atoms with E-state index in [1.54, 1.807) is 4.98 Å². The van der Waals surface area contributed by atoms with Gasteiger partial charge in [-0.3, -0.25) is 9.59 Å². The lowest BCUT2D eigenvalue weighted by molar-refractivity contribution is -0.141. The van der Waals surface area contributed by atoms with E-state index in [0.29, 0.717) is 18.9 Å². The van der Waals surface area contributed by atoms with E-state index in [1.165, 1.54) is 0 Å². The Balaban J connectivity index is 1.86. The molecule has 1 heterocycles. The van der Waals surface area contributed by atoms with Crippen LogP contribution in [-0.2, 0) is 6.18 Å². The van der Waals surface area contributed by atoms with Crippen molar-refractivity contribution in [3.8, 4) is 0 Å². The first-order chi connectivity index (χ1) is 12.2. The van der Waals surface area contributed by atoms with Gasteiger partial charge in [-0.25, -0.2) is 0 Å². The highest BCUT2D eigenvalue weighted by Gasteiger charge is 2.33. The second kappa shape index (κ2) is 6.60. The molecule has 1 aromatic heterocycles. The molecule has 4 N–H and O–H groups in total. The van der Waals surface area contributed by atoms with Crippen molar-refractivity contribution >= 4 is 5.91 Å².